The molecule has 0 aliphatic carbocycles. The van der Waals surface area contributed by atoms with Crippen LogP contribution in [0.5, 0.6) is 0 Å². The summed E-state index contributed by atoms with van der Waals surface area (Å²) in [5, 5.41) is 9.18. The second-order valence-electron chi connectivity index (χ2n) is 9.37. The van der Waals surface area contributed by atoms with E-state index in [0.717, 1.165) is 37.7 Å². The first-order chi connectivity index (χ1) is 17.5. The third-order valence-corrected chi connectivity index (χ3v) is 7.74. The van der Waals surface area contributed by atoms with Gasteiger partial charge in [-0.3, -0.25) is 4.79 Å². The molecule has 6 nitrogen and oxygen atoms in total. The highest BCUT2D eigenvalue weighted by atomic mass is 32.2. The van der Waals surface area contributed by atoms with Gasteiger partial charge >= 0.3 is 12.4 Å². The summed E-state index contributed by atoms with van der Waals surface area (Å²) in [5.74, 6) is -0.185. The number of sulfone groups is 1. The predicted molar refractivity (Wildman–Crippen MR) is 126 cm³/mol. The fraction of sp³-hybridized carbons (Fsp3) is 0.400. The van der Waals surface area contributed by atoms with Gasteiger partial charge in [0.05, 0.1) is 0 Å². The van der Waals surface area contributed by atoms with Crippen LogP contribution in [0.4, 0.5) is 26.3 Å². The summed E-state index contributed by atoms with van der Waals surface area (Å²) in [4.78, 5) is 14.6. The molecule has 13 heteroatoms. The molecule has 1 saturated heterocycles. The third-order valence-electron chi connectivity index (χ3n) is 6.64. The number of likely N-dealkylation sites (tertiary alicyclic amines) is 1. The van der Waals surface area contributed by atoms with Crippen molar-refractivity contribution < 1.29 is 44.7 Å². The van der Waals surface area contributed by atoms with E-state index in [-0.39, 0.29) is 28.4 Å². The Balaban J connectivity index is 1.79. The largest absolute Gasteiger partial charge is 0.430 e. The average molecular weight is 563 g/mol. The zero-order valence-electron chi connectivity index (χ0n) is 20.1. The molecule has 0 bridgehead atoms. The van der Waals surface area contributed by atoms with E-state index in [2.05, 4.69) is 0 Å². The molecule has 0 spiro atoms. The molecular weight excluding hydrogens is 538 g/mol. The molecule has 0 radical (unpaired) electrons. The van der Waals surface area contributed by atoms with Crippen molar-refractivity contribution in [2.45, 2.75) is 48.8 Å². The van der Waals surface area contributed by atoms with Crippen molar-refractivity contribution in [3.63, 3.8) is 0 Å². The normalized spacial score (nSPS) is 15.7. The molecule has 4 rings (SSSR count). The SMILES string of the molecule is CS(=O)(=O)c1cc2cc(C(O)(C(F)(F)F)C(F)(F)F)ccc2n1Cc1cccc(C(=O)N2CCCCC2)c1. The molecule has 2 aromatic carbocycles. The van der Waals surface area contributed by atoms with E-state index >= 15 is 0 Å². The highest BCUT2D eigenvalue weighted by Gasteiger charge is 2.71. The quantitative estimate of drug-likeness (QED) is 0.443. The summed E-state index contributed by atoms with van der Waals surface area (Å²) in [6.07, 6.45) is -8.50. The van der Waals surface area contributed by atoms with E-state index in [1.165, 1.54) is 4.57 Å². The molecule has 2 heterocycles. The van der Waals surface area contributed by atoms with Crippen LogP contribution in [0.1, 0.15) is 40.7 Å². The van der Waals surface area contributed by atoms with Crippen LogP contribution in [0.25, 0.3) is 10.9 Å². The second kappa shape index (κ2) is 9.60. The van der Waals surface area contributed by atoms with E-state index in [9.17, 15) is 44.7 Å². The number of piperidine rings is 1. The molecule has 1 aromatic heterocycles. The molecular formula is C25H24F6N2O4S. The van der Waals surface area contributed by atoms with Crippen LogP contribution >= 0.6 is 0 Å². The second-order valence-corrected chi connectivity index (χ2v) is 11.3. The van der Waals surface area contributed by atoms with Crippen molar-refractivity contribution >= 4 is 26.6 Å². The number of nitrogens with zero attached hydrogens (tertiary/aromatic N) is 2. The van der Waals surface area contributed by atoms with Crippen molar-refractivity contribution in [3.05, 3.63) is 65.2 Å². The molecule has 1 aliphatic rings. The van der Waals surface area contributed by atoms with Crippen LogP contribution in [-0.4, -0.2) is 60.6 Å². The van der Waals surface area contributed by atoms with E-state index in [0.29, 0.717) is 36.3 Å². The lowest BCUT2D eigenvalue weighted by Crippen LogP contribution is -2.53. The molecule has 3 aromatic rings. The minimum Gasteiger partial charge on any atom is -0.369 e. The number of rotatable bonds is 5. The number of benzene rings is 2. The molecule has 1 N–H and O–H groups in total. The smallest absolute Gasteiger partial charge is 0.369 e. The lowest BCUT2D eigenvalue weighted by Gasteiger charge is -2.32. The fourth-order valence-corrected chi connectivity index (χ4v) is 5.60. The summed E-state index contributed by atoms with van der Waals surface area (Å²) in [6.45, 7) is 1.11. The zero-order valence-corrected chi connectivity index (χ0v) is 20.9. The Morgan fingerprint density at radius 1 is 0.921 bits per heavy atom. The topological polar surface area (TPSA) is 79.6 Å². The summed E-state index contributed by atoms with van der Waals surface area (Å²) in [7, 11) is -3.98. The van der Waals surface area contributed by atoms with Crippen molar-refractivity contribution in [1.29, 1.82) is 0 Å². The molecule has 1 fully saturated rings. The van der Waals surface area contributed by atoms with Crippen LogP contribution in [0, 0.1) is 0 Å². The van der Waals surface area contributed by atoms with Crippen LogP contribution in [0.15, 0.2) is 53.6 Å². The number of alkyl halides is 6. The zero-order chi connectivity index (χ0) is 28.1. The van der Waals surface area contributed by atoms with Gasteiger partial charge < -0.3 is 14.6 Å². The van der Waals surface area contributed by atoms with E-state index in [4.69, 9.17) is 0 Å². The summed E-state index contributed by atoms with van der Waals surface area (Å²) in [5.41, 5.74) is -5.72. The van der Waals surface area contributed by atoms with Gasteiger partial charge in [-0.05, 0) is 55.2 Å². The Hall–Kier alpha value is -3.06. The molecule has 1 amide bonds. The van der Waals surface area contributed by atoms with E-state index in [1.54, 1.807) is 29.2 Å². The highest BCUT2D eigenvalue weighted by Crippen LogP contribution is 2.50. The standard InChI is InChI=1S/C25H24F6N2O4S/c1-38(36,37)21-14-18-13-19(23(35,24(26,27)28)25(29,30)31)8-9-20(18)33(21)15-16-6-5-7-17(12-16)22(34)32-10-3-2-4-11-32/h5-9,12-14,35H,2-4,10-11,15H2,1H3. The first-order valence-corrected chi connectivity index (χ1v) is 13.5. The number of carbonyl (C=O) groups is 1. The van der Waals surface area contributed by atoms with Gasteiger partial charge in [-0.2, -0.15) is 26.3 Å². The van der Waals surface area contributed by atoms with Gasteiger partial charge in [0.2, 0.25) is 0 Å². The predicted octanol–water partition coefficient (Wildman–Crippen LogP) is 5.03. The number of halogens is 6. The Morgan fingerprint density at radius 2 is 1.55 bits per heavy atom. The van der Waals surface area contributed by atoms with Crippen LogP contribution in [-0.2, 0) is 22.0 Å². The Morgan fingerprint density at radius 3 is 2.13 bits per heavy atom. The Kier molecular flexibility index (Phi) is 7.06. The van der Waals surface area contributed by atoms with Gasteiger partial charge in [-0.1, -0.05) is 18.2 Å². The van der Waals surface area contributed by atoms with Crippen LogP contribution < -0.4 is 0 Å². The number of aromatic nitrogens is 1. The van der Waals surface area contributed by atoms with Crippen molar-refractivity contribution in [2.75, 3.05) is 19.3 Å². The Bertz CT molecular complexity index is 1460. The average Bonchev–Trinajstić information content (AvgIpc) is 3.20. The molecule has 206 valence electrons. The minimum atomic E-state index is -6.08. The first kappa shape index (κ1) is 28.0. The van der Waals surface area contributed by atoms with Gasteiger partial charge in [0, 0.05) is 47.9 Å². The van der Waals surface area contributed by atoms with Crippen LogP contribution in [0.2, 0.25) is 0 Å². The molecule has 0 unspecified atom stereocenters. The van der Waals surface area contributed by atoms with Crippen molar-refractivity contribution in [2.24, 2.45) is 0 Å². The molecule has 0 saturated carbocycles. The molecule has 38 heavy (non-hydrogen) atoms. The third kappa shape index (κ3) is 5.00. The minimum absolute atomic E-state index is 0.0358. The maximum absolute atomic E-state index is 13.4. The van der Waals surface area contributed by atoms with Gasteiger partial charge in [0.15, 0.2) is 9.84 Å². The fourth-order valence-electron chi connectivity index (χ4n) is 4.69. The van der Waals surface area contributed by atoms with Crippen LogP contribution in [0.3, 0.4) is 0 Å². The lowest BCUT2D eigenvalue weighted by molar-refractivity contribution is -0.376. The van der Waals surface area contributed by atoms with Gasteiger partial charge in [-0.25, -0.2) is 8.42 Å². The van der Waals surface area contributed by atoms with Crippen molar-refractivity contribution in [1.82, 2.24) is 9.47 Å². The Labute approximate surface area is 214 Å². The summed E-state index contributed by atoms with van der Waals surface area (Å²) < 4.78 is 107. The molecule has 1 aliphatic heterocycles. The lowest BCUT2D eigenvalue weighted by atomic mass is 9.91. The van der Waals surface area contributed by atoms with Gasteiger partial charge in [0.1, 0.15) is 5.03 Å². The maximum Gasteiger partial charge on any atom is 0.430 e. The van der Waals surface area contributed by atoms with Crippen molar-refractivity contribution in [3.8, 4) is 0 Å². The number of hydrogen-bond donors (Lipinski definition) is 1. The number of fused-ring (bicyclic) bond motifs is 1. The number of hydrogen-bond acceptors (Lipinski definition) is 4. The van der Waals surface area contributed by atoms with Gasteiger partial charge in [0.25, 0.3) is 11.5 Å². The number of amides is 1. The van der Waals surface area contributed by atoms with Gasteiger partial charge in [-0.15, -0.1) is 0 Å². The number of aliphatic hydroxyl groups is 1. The number of carbonyl (C=O) groups excluding carboxylic acids is 1. The summed E-state index contributed by atoms with van der Waals surface area (Å²) >= 11 is 0. The van der Waals surface area contributed by atoms with E-state index < -0.39 is 33.4 Å². The monoisotopic (exact) mass is 562 g/mol. The highest BCUT2D eigenvalue weighted by molar-refractivity contribution is 7.90. The maximum atomic E-state index is 13.4. The van der Waals surface area contributed by atoms with E-state index in [1.807, 2.05) is 0 Å². The first-order valence-electron chi connectivity index (χ1n) is 11.6. The summed E-state index contributed by atoms with van der Waals surface area (Å²) in [6, 6.07) is 9.27. The molecule has 0 atom stereocenters.